The molecule has 0 saturated heterocycles. The van der Waals surface area contributed by atoms with Gasteiger partial charge in [-0.2, -0.15) is 0 Å². The number of benzene rings is 1. The summed E-state index contributed by atoms with van der Waals surface area (Å²) in [6.07, 6.45) is 1.65. The lowest BCUT2D eigenvalue weighted by Crippen LogP contribution is -2.28. The molecule has 0 aromatic heterocycles. The van der Waals surface area contributed by atoms with Crippen LogP contribution in [0, 0.1) is 11.6 Å². The second kappa shape index (κ2) is 8.64. The molecule has 0 saturated carbocycles. The van der Waals surface area contributed by atoms with Gasteiger partial charge in [-0.1, -0.05) is 13.8 Å². The molecule has 0 atom stereocenters. The van der Waals surface area contributed by atoms with Gasteiger partial charge in [0.15, 0.2) is 0 Å². The Morgan fingerprint density at radius 3 is 2.40 bits per heavy atom. The van der Waals surface area contributed by atoms with Crippen LogP contribution in [0.25, 0.3) is 0 Å². The molecule has 0 aliphatic rings. The highest BCUT2D eigenvalue weighted by molar-refractivity contribution is 5.75. The fraction of sp³-hybridized carbons (Fsp3) is 0.533. The highest BCUT2D eigenvalue weighted by Crippen LogP contribution is 2.08. The number of amides is 1. The van der Waals surface area contributed by atoms with Gasteiger partial charge in [-0.3, -0.25) is 4.79 Å². The van der Waals surface area contributed by atoms with E-state index in [-0.39, 0.29) is 5.91 Å². The average Bonchev–Trinajstić information content (AvgIpc) is 2.33. The number of carbonyl (C=O) groups excluding carboxylic acids is 1. The van der Waals surface area contributed by atoms with E-state index in [0.29, 0.717) is 31.0 Å². The minimum absolute atomic E-state index is 0.0348. The van der Waals surface area contributed by atoms with E-state index in [0.717, 1.165) is 19.0 Å². The SMILES string of the molecule is CC(C)NCCCC(=O)NCCc1cc(F)cc(F)c1. The maximum absolute atomic E-state index is 13.0. The molecule has 1 amide bonds. The predicted molar refractivity (Wildman–Crippen MR) is 75.4 cm³/mol. The highest BCUT2D eigenvalue weighted by atomic mass is 19.1. The zero-order valence-corrected chi connectivity index (χ0v) is 12.0. The molecule has 0 radical (unpaired) electrons. The normalized spacial score (nSPS) is 10.8. The van der Waals surface area contributed by atoms with Gasteiger partial charge in [0.05, 0.1) is 0 Å². The van der Waals surface area contributed by atoms with E-state index in [4.69, 9.17) is 0 Å². The first-order chi connectivity index (χ1) is 9.47. The molecular weight excluding hydrogens is 262 g/mol. The van der Waals surface area contributed by atoms with E-state index in [9.17, 15) is 13.6 Å². The lowest BCUT2D eigenvalue weighted by molar-refractivity contribution is -0.121. The molecule has 0 aliphatic heterocycles. The van der Waals surface area contributed by atoms with Crippen molar-refractivity contribution in [2.75, 3.05) is 13.1 Å². The maximum Gasteiger partial charge on any atom is 0.220 e. The van der Waals surface area contributed by atoms with Crippen molar-refractivity contribution in [1.82, 2.24) is 10.6 Å². The first-order valence-corrected chi connectivity index (χ1v) is 6.92. The molecule has 1 aromatic carbocycles. The second-order valence-corrected chi connectivity index (χ2v) is 5.09. The van der Waals surface area contributed by atoms with Crippen molar-refractivity contribution in [2.24, 2.45) is 0 Å². The number of nitrogens with one attached hydrogen (secondary N) is 2. The monoisotopic (exact) mass is 284 g/mol. The number of rotatable bonds is 8. The second-order valence-electron chi connectivity index (χ2n) is 5.09. The third kappa shape index (κ3) is 7.19. The van der Waals surface area contributed by atoms with E-state index in [2.05, 4.69) is 24.5 Å². The molecule has 1 rings (SSSR count). The van der Waals surface area contributed by atoms with Crippen molar-refractivity contribution < 1.29 is 13.6 Å². The fourth-order valence-corrected chi connectivity index (χ4v) is 1.83. The Labute approximate surface area is 118 Å². The van der Waals surface area contributed by atoms with E-state index in [1.807, 2.05) is 0 Å². The van der Waals surface area contributed by atoms with Crippen LogP contribution in [0.4, 0.5) is 8.78 Å². The molecule has 20 heavy (non-hydrogen) atoms. The molecule has 0 spiro atoms. The molecule has 0 heterocycles. The quantitative estimate of drug-likeness (QED) is 0.720. The number of hydrogen-bond acceptors (Lipinski definition) is 2. The number of halogens is 2. The summed E-state index contributed by atoms with van der Waals surface area (Å²) in [5, 5.41) is 5.98. The smallest absolute Gasteiger partial charge is 0.220 e. The zero-order chi connectivity index (χ0) is 15.0. The van der Waals surface area contributed by atoms with Crippen LogP contribution in [0.15, 0.2) is 18.2 Å². The van der Waals surface area contributed by atoms with Gasteiger partial charge in [0.25, 0.3) is 0 Å². The first-order valence-electron chi connectivity index (χ1n) is 6.92. The van der Waals surface area contributed by atoms with Gasteiger partial charge < -0.3 is 10.6 Å². The van der Waals surface area contributed by atoms with Crippen molar-refractivity contribution >= 4 is 5.91 Å². The Hall–Kier alpha value is -1.49. The largest absolute Gasteiger partial charge is 0.356 e. The van der Waals surface area contributed by atoms with Crippen LogP contribution in [0.3, 0.4) is 0 Å². The third-order valence-corrected chi connectivity index (χ3v) is 2.79. The summed E-state index contributed by atoms with van der Waals surface area (Å²) in [5.74, 6) is -1.22. The lowest BCUT2D eigenvalue weighted by atomic mass is 10.1. The van der Waals surface area contributed by atoms with Gasteiger partial charge in [0.1, 0.15) is 11.6 Å². The Morgan fingerprint density at radius 2 is 1.80 bits per heavy atom. The fourth-order valence-electron chi connectivity index (χ4n) is 1.83. The molecule has 3 nitrogen and oxygen atoms in total. The summed E-state index contributed by atoms with van der Waals surface area (Å²) in [6.45, 7) is 5.30. The van der Waals surface area contributed by atoms with Gasteiger partial charge in [-0.05, 0) is 37.1 Å². The third-order valence-electron chi connectivity index (χ3n) is 2.79. The van der Waals surface area contributed by atoms with Crippen molar-refractivity contribution in [3.8, 4) is 0 Å². The number of hydrogen-bond donors (Lipinski definition) is 2. The average molecular weight is 284 g/mol. The van der Waals surface area contributed by atoms with Gasteiger partial charge in [-0.15, -0.1) is 0 Å². The molecule has 2 N–H and O–H groups in total. The summed E-state index contributed by atoms with van der Waals surface area (Å²) in [7, 11) is 0. The van der Waals surface area contributed by atoms with Crippen molar-refractivity contribution in [2.45, 2.75) is 39.2 Å². The molecule has 112 valence electrons. The molecular formula is C15H22F2N2O. The van der Waals surface area contributed by atoms with Crippen LogP contribution in [0.5, 0.6) is 0 Å². The van der Waals surface area contributed by atoms with E-state index < -0.39 is 11.6 Å². The van der Waals surface area contributed by atoms with E-state index in [1.165, 1.54) is 12.1 Å². The minimum atomic E-state index is -0.592. The summed E-state index contributed by atoms with van der Waals surface area (Å²) in [5.41, 5.74) is 0.546. The maximum atomic E-state index is 13.0. The van der Waals surface area contributed by atoms with Crippen molar-refractivity contribution in [3.05, 3.63) is 35.4 Å². The van der Waals surface area contributed by atoms with Crippen LogP contribution in [-0.4, -0.2) is 25.0 Å². The molecule has 0 fully saturated rings. The Morgan fingerprint density at radius 1 is 1.15 bits per heavy atom. The van der Waals surface area contributed by atoms with Crippen LogP contribution < -0.4 is 10.6 Å². The Balaban J connectivity index is 2.18. The lowest BCUT2D eigenvalue weighted by Gasteiger charge is -2.08. The van der Waals surface area contributed by atoms with Gasteiger partial charge in [0.2, 0.25) is 5.91 Å². The highest BCUT2D eigenvalue weighted by Gasteiger charge is 2.03. The Bertz CT molecular complexity index is 416. The summed E-state index contributed by atoms with van der Waals surface area (Å²) in [4.78, 5) is 11.5. The zero-order valence-electron chi connectivity index (χ0n) is 12.0. The summed E-state index contributed by atoms with van der Waals surface area (Å²) < 4.78 is 25.9. The molecule has 0 aliphatic carbocycles. The summed E-state index contributed by atoms with van der Waals surface area (Å²) >= 11 is 0. The standard InChI is InChI=1S/C15H22F2N2O/c1-11(2)18-6-3-4-15(20)19-7-5-12-8-13(16)10-14(17)9-12/h8-11,18H,3-7H2,1-2H3,(H,19,20). The van der Waals surface area contributed by atoms with Crippen LogP contribution in [0.2, 0.25) is 0 Å². The van der Waals surface area contributed by atoms with Gasteiger partial charge in [-0.25, -0.2) is 8.78 Å². The predicted octanol–water partition coefficient (Wildman–Crippen LogP) is 2.40. The van der Waals surface area contributed by atoms with Gasteiger partial charge in [0, 0.05) is 25.1 Å². The van der Waals surface area contributed by atoms with Crippen molar-refractivity contribution in [1.29, 1.82) is 0 Å². The van der Waals surface area contributed by atoms with Gasteiger partial charge >= 0.3 is 0 Å². The van der Waals surface area contributed by atoms with Crippen molar-refractivity contribution in [3.63, 3.8) is 0 Å². The first kappa shape index (κ1) is 16.6. The van der Waals surface area contributed by atoms with Crippen LogP contribution in [0.1, 0.15) is 32.3 Å². The topological polar surface area (TPSA) is 41.1 Å². The van der Waals surface area contributed by atoms with E-state index >= 15 is 0 Å². The molecule has 0 bridgehead atoms. The van der Waals surface area contributed by atoms with E-state index in [1.54, 1.807) is 0 Å². The molecule has 0 unspecified atom stereocenters. The molecule has 5 heteroatoms. The van der Waals surface area contributed by atoms with Crippen LogP contribution >= 0.6 is 0 Å². The minimum Gasteiger partial charge on any atom is -0.356 e. The number of carbonyl (C=O) groups is 1. The summed E-state index contributed by atoms with van der Waals surface area (Å²) in [6, 6.07) is 3.81. The Kier molecular flexibility index (Phi) is 7.15. The molecule has 1 aromatic rings. The van der Waals surface area contributed by atoms with Crippen LogP contribution in [-0.2, 0) is 11.2 Å².